The van der Waals surface area contributed by atoms with Gasteiger partial charge in [0.25, 0.3) is 0 Å². The lowest BCUT2D eigenvalue weighted by molar-refractivity contribution is 0.248. The van der Waals surface area contributed by atoms with Crippen molar-refractivity contribution in [1.29, 1.82) is 0 Å². The van der Waals surface area contributed by atoms with Crippen molar-refractivity contribution in [1.82, 2.24) is 15.1 Å². The van der Waals surface area contributed by atoms with Gasteiger partial charge in [-0.05, 0) is 61.7 Å². The van der Waals surface area contributed by atoms with Crippen molar-refractivity contribution in [3.8, 4) is 5.75 Å². The van der Waals surface area contributed by atoms with Crippen LogP contribution in [0, 0.1) is 13.8 Å². The molecule has 1 aromatic heterocycles. The minimum absolute atomic E-state index is 0.0706. The summed E-state index contributed by atoms with van der Waals surface area (Å²) in [5.74, 6) is 0.799. The zero-order valence-corrected chi connectivity index (χ0v) is 17.4. The number of anilines is 1. The number of nitrogens with one attached hydrogen (secondary N) is 2. The molecule has 1 unspecified atom stereocenters. The summed E-state index contributed by atoms with van der Waals surface area (Å²) in [6, 6.07) is 17.4. The molecule has 0 aliphatic rings. The van der Waals surface area contributed by atoms with Crippen molar-refractivity contribution in [2.24, 2.45) is 0 Å². The van der Waals surface area contributed by atoms with Gasteiger partial charge in [-0.15, -0.1) is 0 Å². The third kappa shape index (κ3) is 5.38. The van der Waals surface area contributed by atoms with Crippen molar-refractivity contribution in [2.75, 3.05) is 12.4 Å². The summed E-state index contributed by atoms with van der Waals surface area (Å²) in [6.07, 6.45) is 0.789. The third-order valence-electron chi connectivity index (χ3n) is 4.85. The predicted molar refractivity (Wildman–Crippen MR) is 115 cm³/mol. The smallest absolute Gasteiger partial charge is 0.319 e. The number of carbonyl (C=O) groups is 1. The summed E-state index contributed by atoms with van der Waals surface area (Å²) in [6.45, 7) is 6.74. The Bertz CT molecular complexity index is 963. The molecule has 0 spiro atoms. The summed E-state index contributed by atoms with van der Waals surface area (Å²) in [7, 11) is 1.64. The molecule has 6 nitrogen and oxygen atoms in total. The second-order valence-electron chi connectivity index (χ2n) is 7.12. The lowest BCUT2D eigenvalue weighted by Crippen LogP contribution is -2.32. The Morgan fingerprint density at radius 1 is 1.14 bits per heavy atom. The Labute approximate surface area is 171 Å². The summed E-state index contributed by atoms with van der Waals surface area (Å²) in [5, 5.41) is 10.5. The van der Waals surface area contributed by atoms with Crippen molar-refractivity contribution in [3.63, 3.8) is 0 Å². The van der Waals surface area contributed by atoms with E-state index in [0.717, 1.165) is 40.4 Å². The average Bonchev–Trinajstić information content (AvgIpc) is 3.03. The summed E-state index contributed by atoms with van der Waals surface area (Å²) in [4.78, 5) is 12.5. The van der Waals surface area contributed by atoms with E-state index in [9.17, 15) is 4.79 Å². The van der Waals surface area contributed by atoms with Gasteiger partial charge in [0.1, 0.15) is 5.75 Å². The maximum Gasteiger partial charge on any atom is 0.319 e. The molecule has 2 N–H and O–H groups in total. The molecule has 0 aliphatic carbocycles. The van der Waals surface area contributed by atoms with Gasteiger partial charge in [0, 0.05) is 11.4 Å². The van der Waals surface area contributed by atoms with Gasteiger partial charge in [-0.3, -0.25) is 4.68 Å². The van der Waals surface area contributed by atoms with Crippen molar-refractivity contribution < 1.29 is 9.53 Å². The molecule has 29 heavy (non-hydrogen) atoms. The average molecular weight is 393 g/mol. The van der Waals surface area contributed by atoms with E-state index >= 15 is 0 Å². The fourth-order valence-corrected chi connectivity index (χ4v) is 3.34. The van der Waals surface area contributed by atoms with Crippen molar-refractivity contribution in [2.45, 2.75) is 39.8 Å². The van der Waals surface area contributed by atoms with E-state index in [4.69, 9.17) is 4.74 Å². The quantitative estimate of drug-likeness (QED) is 0.605. The first-order chi connectivity index (χ1) is 14.0. The Morgan fingerprint density at radius 2 is 1.90 bits per heavy atom. The Kier molecular flexibility index (Phi) is 6.54. The van der Waals surface area contributed by atoms with E-state index < -0.39 is 0 Å². The molecule has 0 radical (unpaired) electrons. The number of ether oxygens (including phenoxy) is 1. The van der Waals surface area contributed by atoms with E-state index in [-0.39, 0.29) is 12.1 Å². The number of rotatable bonds is 7. The molecule has 1 heterocycles. The van der Waals surface area contributed by atoms with Gasteiger partial charge in [0.2, 0.25) is 0 Å². The zero-order valence-electron chi connectivity index (χ0n) is 17.4. The highest BCUT2D eigenvalue weighted by molar-refractivity contribution is 5.89. The molecule has 0 aliphatic heterocycles. The molecule has 3 aromatic rings. The number of methoxy groups -OCH3 is 1. The monoisotopic (exact) mass is 392 g/mol. The molecular formula is C23H28N4O2. The third-order valence-corrected chi connectivity index (χ3v) is 4.85. The van der Waals surface area contributed by atoms with E-state index in [1.54, 1.807) is 7.11 Å². The van der Waals surface area contributed by atoms with E-state index in [1.807, 2.05) is 74.0 Å². The van der Waals surface area contributed by atoms with Gasteiger partial charge < -0.3 is 15.4 Å². The van der Waals surface area contributed by atoms with Crippen LogP contribution in [0.1, 0.15) is 41.9 Å². The number of urea groups is 1. The highest BCUT2D eigenvalue weighted by Crippen LogP contribution is 2.20. The van der Waals surface area contributed by atoms with Crippen LogP contribution in [0.5, 0.6) is 5.75 Å². The van der Waals surface area contributed by atoms with Crippen molar-refractivity contribution in [3.05, 3.63) is 77.1 Å². The minimum Gasteiger partial charge on any atom is -0.497 e. The minimum atomic E-state index is -0.226. The number of hydrogen-bond acceptors (Lipinski definition) is 3. The Hall–Kier alpha value is -3.28. The van der Waals surface area contributed by atoms with Gasteiger partial charge >= 0.3 is 6.03 Å². The number of benzene rings is 2. The first kappa shape index (κ1) is 20.5. The van der Waals surface area contributed by atoms with Crippen LogP contribution in [0.3, 0.4) is 0 Å². The molecule has 0 bridgehead atoms. The van der Waals surface area contributed by atoms with E-state index in [1.165, 1.54) is 0 Å². The second-order valence-corrected chi connectivity index (χ2v) is 7.12. The number of nitrogens with zero attached hydrogens (tertiary/aromatic N) is 2. The maximum atomic E-state index is 12.5. The lowest BCUT2D eigenvalue weighted by Gasteiger charge is -2.18. The first-order valence-corrected chi connectivity index (χ1v) is 9.80. The highest BCUT2D eigenvalue weighted by Gasteiger charge is 2.13. The summed E-state index contributed by atoms with van der Waals surface area (Å²) < 4.78 is 7.16. The van der Waals surface area contributed by atoms with Gasteiger partial charge in [-0.1, -0.05) is 31.2 Å². The van der Waals surface area contributed by atoms with Crippen LogP contribution in [0.25, 0.3) is 0 Å². The summed E-state index contributed by atoms with van der Waals surface area (Å²) >= 11 is 0. The molecule has 0 saturated heterocycles. The summed E-state index contributed by atoms with van der Waals surface area (Å²) in [5.41, 5.74) is 4.99. The van der Waals surface area contributed by atoms with Crippen LogP contribution < -0.4 is 15.4 Å². The molecule has 0 fully saturated rings. The highest BCUT2D eigenvalue weighted by atomic mass is 16.5. The first-order valence-electron chi connectivity index (χ1n) is 9.80. The number of aryl methyl sites for hydroxylation is 2. The molecule has 152 valence electrons. The largest absolute Gasteiger partial charge is 0.497 e. The lowest BCUT2D eigenvalue weighted by atomic mass is 10.0. The maximum absolute atomic E-state index is 12.5. The van der Waals surface area contributed by atoms with Crippen LogP contribution in [-0.4, -0.2) is 22.9 Å². The van der Waals surface area contributed by atoms with Crippen LogP contribution in [0.4, 0.5) is 10.5 Å². The SMILES string of the molecule is CCC(NC(=O)Nc1cccc(Cn2nc(C)cc2C)c1)c1ccc(OC)cc1. The van der Waals surface area contributed by atoms with Gasteiger partial charge in [-0.2, -0.15) is 5.10 Å². The van der Waals surface area contributed by atoms with Gasteiger partial charge in [-0.25, -0.2) is 4.79 Å². The van der Waals surface area contributed by atoms with Crippen LogP contribution in [-0.2, 0) is 6.54 Å². The standard InChI is InChI=1S/C23H28N4O2/c1-5-22(19-9-11-21(29-4)12-10-19)25-23(28)24-20-8-6-7-18(14-20)15-27-17(3)13-16(2)26-27/h6-14,22H,5,15H2,1-4H3,(H2,24,25,28). The van der Waals surface area contributed by atoms with E-state index in [2.05, 4.69) is 21.8 Å². The fraction of sp³-hybridized carbons (Fsp3) is 0.304. The zero-order chi connectivity index (χ0) is 20.8. The Balaban J connectivity index is 1.64. The van der Waals surface area contributed by atoms with E-state index in [0.29, 0.717) is 6.54 Å². The van der Waals surface area contributed by atoms with Crippen LogP contribution >= 0.6 is 0 Å². The second kappa shape index (κ2) is 9.28. The fourth-order valence-electron chi connectivity index (χ4n) is 3.34. The molecular weight excluding hydrogens is 364 g/mol. The van der Waals surface area contributed by atoms with Gasteiger partial charge in [0.15, 0.2) is 0 Å². The normalized spacial score (nSPS) is 11.7. The number of amides is 2. The number of carbonyl (C=O) groups excluding carboxylic acids is 1. The molecule has 1 atom stereocenters. The number of hydrogen-bond donors (Lipinski definition) is 2. The van der Waals surface area contributed by atoms with Gasteiger partial charge in [0.05, 0.1) is 25.4 Å². The predicted octanol–water partition coefficient (Wildman–Crippen LogP) is 4.83. The molecule has 6 heteroatoms. The van der Waals surface area contributed by atoms with Crippen molar-refractivity contribution >= 4 is 11.7 Å². The molecule has 0 saturated carbocycles. The molecule has 2 amide bonds. The Morgan fingerprint density at radius 3 is 2.52 bits per heavy atom. The number of aromatic nitrogens is 2. The molecule has 3 rings (SSSR count). The van der Waals surface area contributed by atoms with Crippen LogP contribution in [0.15, 0.2) is 54.6 Å². The van der Waals surface area contributed by atoms with Crippen LogP contribution in [0.2, 0.25) is 0 Å². The molecule has 2 aromatic carbocycles. The topological polar surface area (TPSA) is 68.2 Å².